The second-order valence-electron chi connectivity index (χ2n) is 4.89. The van der Waals surface area contributed by atoms with Crippen LogP contribution in [0.5, 0.6) is 0 Å². The maximum absolute atomic E-state index is 5.35. The highest BCUT2D eigenvalue weighted by atomic mass is 32.1. The van der Waals surface area contributed by atoms with E-state index in [9.17, 15) is 0 Å². The van der Waals surface area contributed by atoms with Gasteiger partial charge in [0.05, 0.1) is 12.8 Å². The number of aromatic amines is 1. The fraction of sp³-hybridized carbons (Fsp3) is 0.417. The van der Waals surface area contributed by atoms with E-state index in [1.807, 2.05) is 18.3 Å². The van der Waals surface area contributed by atoms with Crippen molar-refractivity contribution in [1.29, 1.82) is 0 Å². The van der Waals surface area contributed by atoms with Gasteiger partial charge >= 0.3 is 0 Å². The predicted octanol–water partition coefficient (Wildman–Crippen LogP) is 3.48. The van der Waals surface area contributed by atoms with Crippen molar-refractivity contribution < 1.29 is 4.42 Å². The summed E-state index contributed by atoms with van der Waals surface area (Å²) in [5, 5.41) is 0. The molecule has 2 heterocycles. The molecule has 0 saturated heterocycles. The first kappa shape index (κ1) is 11.2. The molecule has 0 amide bonds. The van der Waals surface area contributed by atoms with Crippen LogP contribution in [0.1, 0.15) is 32.2 Å². The zero-order valence-electron chi connectivity index (χ0n) is 9.78. The average molecular weight is 236 g/mol. The molecule has 0 fully saturated rings. The Labute approximate surface area is 100 Å². The molecule has 0 aliphatic carbocycles. The van der Waals surface area contributed by atoms with Crippen molar-refractivity contribution in [3.8, 4) is 0 Å². The Kier molecular flexibility index (Phi) is 2.76. The molecule has 0 aromatic carbocycles. The highest BCUT2D eigenvalue weighted by molar-refractivity contribution is 7.71. The molecule has 4 heteroatoms. The normalized spacial score (nSPS) is 11.9. The highest BCUT2D eigenvalue weighted by Gasteiger charge is 2.19. The van der Waals surface area contributed by atoms with Crippen LogP contribution in [0.25, 0.3) is 0 Å². The van der Waals surface area contributed by atoms with E-state index in [0.717, 1.165) is 10.5 Å². The average Bonchev–Trinajstić information content (AvgIpc) is 2.76. The molecule has 0 unspecified atom stereocenters. The summed E-state index contributed by atoms with van der Waals surface area (Å²) >= 11 is 5.28. The van der Waals surface area contributed by atoms with Crippen LogP contribution in [0.3, 0.4) is 0 Å². The molecule has 2 rings (SSSR count). The van der Waals surface area contributed by atoms with Gasteiger partial charge in [-0.3, -0.25) is 0 Å². The lowest BCUT2D eigenvalue weighted by Gasteiger charge is -2.20. The van der Waals surface area contributed by atoms with Crippen molar-refractivity contribution in [2.45, 2.75) is 32.7 Å². The largest absolute Gasteiger partial charge is 0.467 e. The van der Waals surface area contributed by atoms with Crippen molar-refractivity contribution in [1.82, 2.24) is 9.55 Å². The van der Waals surface area contributed by atoms with Gasteiger partial charge in [-0.25, -0.2) is 0 Å². The Morgan fingerprint density at radius 3 is 2.75 bits per heavy atom. The third kappa shape index (κ3) is 2.11. The standard InChI is InChI=1S/C12H16N2OS/c1-12(2,3)10-7-13-11(16)14(10)8-9-5-4-6-15-9/h4-7H,8H2,1-3H3,(H,13,16). The smallest absolute Gasteiger partial charge is 0.177 e. The minimum atomic E-state index is 0.0696. The molecular formula is C12H16N2OS. The number of nitrogens with zero attached hydrogens (tertiary/aromatic N) is 1. The van der Waals surface area contributed by atoms with Crippen LogP contribution in [-0.4, -0.2) is 9.55 Å². The van der Waals surface area contributed by atoms with Crippen molar-refractivity contribution in [2.24, 2.45) is 0 Å². The molecule has 0 aliphatic heterocycles. The van der Waals surface area contributed by atoms with E-state index in [-0.39, 0.29) is 5.41 Å². The van der Waals surface area contributed by atoms with Crippen LogP contribution in [0.15, 0.2) is 29.0 Å². The van der Waals surface area contributed by atoms with Gasteiger partial charge in [-0.1, -0.05) is 20.8 Å². The van der Waals surface area contributed by atoms with Gasteiger partial charge < -0.3 is 14.0 Å². The number of furan rings is 1. The zero-order chi connectivity index (χ0) is 11.8. The minimum absolute atomic E-state index is 0.0696. The van der Waals surface area contributed by atoms with Crippen LogP contribution in [0, 0.1) is 4.77 Å². The molecular weight excluding hydrogens is 220 g/mol. The van der Waals surface area contributed by atoms with E-state index in [0.29, 0.717) is 6.54 Å². The summed E-state index contributed by atoms with van der Waals surface area (Å²) in [6, 6.07) is 3.85. The SMILES string of the molecule is CC(C)(C)c1c[nH]c(=S)n1Cc1ccco1. The van der Waals surface area contributed by atoms with Crippen molar-refractivity contribution >= 4 is 12.2 Å². The number of nitrogens with one attached hydrogen (secondary N) is 1. The molecule has 0 bridgehead atoms. The fourth-order valence-electron chi connectivity index (χ4n) is 1.73. The van der Waals surface area contributed by atoms with Crippen molar-refractivity contribution in [3.63, 3.8) is 0 Å². The molecule has 1 N–H and O–H groups in total. The molecule has 86 valence electrons. The molecule has 0 radical (unpaired) electrons. The second kappa shape index (κ2) is 3.94. The van der Waals surface area contributed by atoms with Crippen LogP contribution in [0.4, 0.5) is 0 Å². The van der Waals surface area contributed by atoms with E-state index in [1.165, 1.54) is 5.69 Å². The van der Waals surface area contributed by atoms with Gasteiger partial charge in [-0.15, -0.1) is 0 Å². The van der Waals surface area contributed by atoms with Crippen LogP contribution in [-0.2, 0) is 12.0 Å². The summed E-state index contributed by atoms with van der Waals surface area (Å²) in [6.45, 7) is 7.19. The third-order valence-corrected chi connectivity index (χ3v) is 2.87. The van der Waals surface area contributed by atoms with Gasteiger partial charge in [0.2, 0.25) is 0 Å². The molecule has 0 atom stereocenters. The lowest BCUT2D eigenvalue weighted by Crippen LogP contribution is -2.18. The molecule has 0 spiro atoms. The number of hydrogen-bond donors (Lipinski definition) is 1. The minimum Gasteiger partial charge on any atom is -0.467 e. The van der Waals surface area contributed by atoms with E-state index in [1.54, 1.807) is 6.26 Å². The van der Waals surface area contributed by atoms with Gasteiger partial charge in [0, 0.05) is 17.3 Å². The Morgan fingerprint density at radius 1 is 1.44 bits per heavy atom. The Hall–Kier alpha value is -1.29. The maximum Gasteiger partial charge on any atom is 0.177 e. The molecule has 2 aromatic rings. The lowest BCUT2D eigenvalue weighted by atomic mass is 9.92. The van der Waals surface area contributed by atoms with Crippen LogP contribution < -0.4 is 0 Å². The van der Waals surface area contributed by atoms with Gasteiger partial charge in [0.25, 0.3) is 0 Å². The number of aromatic nitrogens is 2. The predicted molar refractivity (Wildman–Crippen MR) is 66.1 cm³/mol. The zero-order valence-corrected chi connectivity index (χ0v) is 10.6. The van der Waals surface area contributed by atoms with Crippen LogP contribution >= 0.6 is 12.2 Å². The Balaban J connectivity index is 2.40. The molecule has 3 nitrogen and oxygen atoms in total. The van der Waals surface area contributed by atoms with E-state index in [2.05, 4.69) is 30.3 Å². The molecule has 0 saturated carbocycles. The van der Waals surface area contributed by atoms with E-state index in [4.69, 9.17) is 16.6 Å². The number of hydrogen-bond acceptors (Lipinski definition) is 2. The summed E-state index contributed by atoms with van der Waals surface area (Å²) in [5.41, 5.74) is 1.26. The summed E-state index contributed by atoms with van der Waals surface area (Å²) in [4.78, 5) is 3.09. The van der Waals surface area contributed by atoms with Crippen molar-refractivity contribution in [3.05, 3.63) is 40.8 Å². The Bertz CT molecular complexity index is 514. The van der Waals surface area contributed by atoms with Gasteiger partial charge in [0.1, 0.15) is 5.76 Å². The van der Waals surface area contributed by atoms with Gasteiger partial charge in [0.15, 0.2) is 4.77 Å². The van der Waals surface area contributed by atoms with E-state index < -0.39 is 0 Å². The first-order valence-corrected chi connectivity index (χ1v) is 5.70. The van der Waals surface area contributed by atoms with Gasteiger partial charge in [-0.05, 0) is 24.4 Å². The third-order valence-electron chi connectivity index (χ3n) is 2.53. The van der Waals surface area contributed by atoms with Crippen LogP contribution in [0.2, 0.25) is 0 Å². The monoisotopic (exact) mass is 236 g/mol. The quantitative estimate of drug-likeness (QED) is 0.810. The fourth-order valence-corrected chi connectivity index (χ4v) is 1.95. The summed E-state index contributed by atoms with van der Waals surface area (Å²) in [6.07, 6.45) is 3.66. The number of imidazole rings is 1. The molecule has 0 aliphatic rings. The molecule has 16 heavy (non-hydrogen) atoms. The summed E-state index contributed by atoms with van der Waals surface area (Å²) < 4.78 is 8.16. The molecule has 2 aromatic heterocycles. The van der Waals surface area contributed by atoms with E-state index >= 15 is 0 Å². The maximum atomic E-state index is 5.35. The first-order chi connectivity index (χ1) is 7.48. The lowest BCUT2D eigenvalue weighted by molar-refractivity contribution is 0.467. The topological polar surface area (TPSA) is 33.9 Å². The number of H-pyrrole nitrogens is 1. The van der Waals surface area contributed by atoms with Crippen molar-refractivity contribution in [2.75, 3.05) is 0 Å². The second-order valence-corrected chi connectivity index (χ2v) is 5.28. The summed E-state index contributed by atoms with van der Waals surface area (Å²) in [7, 11) is 0. The first-order valence-electron chi connectivity index (χ1n) is 5.29. The van der Waals surface area contributed by atoms with Gasteiger partial charge in [-0.2, -0.15) is 0 Å². The number of rotatable bonds is 2. The summed E-state index contributed by atoms with van der Waals surface area (Å²) in [5.74, 6) is 0.918. The highest BCUT2D eigenvalue weighted by Crippen LogP contribution is 2.23. The Morgan fingerprint density at radius 2 is 2.19 bits per heavy atom.